The smallest absolute Gasteiger partial charge is 0.454 e. The summed E-state index contributed by atoms with van der Waals surface area (Å²) in [5, 5.41) is 13.4. The van der Waals surface area contributed by atoms with Crippen LogP contribution in [0.2, 0.25) is 0 Å². The van der Waals surface area contributed by atoms with E-state index in [9.17, 15) is 4.79 Å². The second-order valence-electron chi connectivity index (χ2n) is 9.24. The first-order valence-electron chi connectivity index (χ1n) is 11.0. The molecule has 7 heteroatoms. The fourth-order valence-electron chi connectivity index (χ4n) is 3.78. The third-order valence-corrected chi connectivity index (χ3v) is 5.40. The maximum Gasteiger partial charge on any atom is 0.511 e. The molecular formula is C25H33N3O4. The summed E-state index contributed by atoms with van der Waals surface area (Å²) < 4.78 is 18.0. The molecule has 0 unspecified atom stereocenters. The number of allylic oxidation sites excluding steroid dienone is 1. The fraction of sp³-hybridized carbons (Fsp3) is 0.480. The number of rotatable bonds is 6. The molecule has 0 bridgehead atoms. The van der Waals surface area contributed by atoms with Gasteiger partial charge in [-0.2, -0.15) is 5.10 Å². The molecule has 1 aromatic heterocycles. The van der Waals surface area contributed by atoms with E-state index in [1.165, 1.54) is 5.56 Å². The zero-order valence-electron chi connectivity index (χ0n) is 20.0. The molecule has 1 aromatic carbocycles. The predicted octanol–water partition coefficient (Wildman–Crippen LogP) is 5.49. The highest BCUT2D eigenvalue weighted by Crippen LogP contribution is 2.38. The van der Waals surface area contributed by atoms with E-state index < -0.39 is 6.16 Å². The standard InChI is InChI=1S/C25H33N3O4/c1-8-28-22-19(16(4)27-28)13-20(26)21(17-9-11-18(12-10-17)25(5,6)7)23(22)30-14-31-24(29)32-15(2)3/h9-12,15,26H,8,13-14H2,1-7H3. The Balaban J connectivity index is 2.04. The molecule has 7 nitrogen and oxygen atoms in total. The zero-order valence-corrected chi connectivity index (χ0v) is 20.0. The van der Waals surface area contributed by atoms with Gasteiger partial charge in [-0.1, -0.05) is 45.0 Å². The summed E-state index contributed by atoms with van der Waals surface area (Å²) in [6.45, 7) is 14.3. The van der Waals surface area contributed by atoms with Crippen LogP contribution in [-0.4, -0.2) is 34.5 Å². The normalized spacial score (nSPS) is 13.9. The van der Waals surface area contributed by atoms with Gasteiger partial charge in [0.05, 0.1) is 11.8 Å². The minimum atomic E-state index is -0.789. The van der Waals surface area contributed by atoms with E-state index in [4.69, 9.17) is 19.6 Å². The topological polar surface area (TPSA) is 86.4 Å². The Labute approximate surface area is 189 Å². The number of nitrogens with zero attached hydrogens (tertiary/aromatic N) is 2. The highest BCUT2D eigenvalue weighted by Gasteiger charge is 2.31. The summed E-state index contributed by atoms with van der Waals surface area (Å²) in [5.41, 5.74) is 5.92. The Kier molecular flexibility index (Phi) is 6.77. The number of ether oxygens (including phenoxy) is 3. The molecule has 1 aliphatic rings. The molecule has 0 aliphatic heterocycles. The van der Waals surface area contributed by atoms with E-state index in [0.29, 0.717) is 30.0 Å². The number of aryl methyl sites for hydroxylation is 2. The number of carbonyl (C=O) groups excluding carboxylic acids is 1. The van der Waals surface area contributed by atoms with Crippen molar-refractivity contribution in [2.24, 2.45) is 0 Å². The highest BCUT2D eigenvalue weighted by molar-refractivity contribution is 6.30. The van der Waals surface area contributed by atoms with Gasteiger partial charge in [0.25, 0.3) is 0 Å². The van der Waals surface area contributed by atoms with E-state index in [-0.39, 0.29) is 18.3 Å². The van der Waals surface area contributed by atoms with E-state index in [1.807, 2.05) is 30.7 Å². The van der Waals surface area contributed by atoms with Crippen LogP contribution in [0.5, 0.6) is 0 Å². The van der Waals surface area contributed by atoms with Crippen LogP contribution in [0.15, 0.2) is 24.3 Å². The van der Waals surface area contributed by atoms with Crippen LogP contribution in [0, 0.1) is 12.3 Å². The molecule has 172 valence electrons. The Morgan fingerprint density at radius 3 is 2.44 bits per heavy atom. The second kappa shape index (κ2) is 9.18. The number of hydrogen-bond acceptors (Lipinski definition) is 6. The van der Waals surface area contributed by atoms with Crippen molar-refractivity contribution < 1.29 is 19.0 Å². The van der Waals surface area contributed by atoms with Gasteiger partial charge in [0.1, 0.15) is 5.69 Å². The summed E-state index contributed by atoms with van der Waals surface area (Å²) in [6, 6.07) is 8.21. The SMILES string of the molecule is CCn1nc(C)c2c1C(OCOC(=O)OC(C)C)=C(c1ccc(C(C)(C)C)cc1)C(=N)C2. The van der Waals surface area contributed by atoms with Crippen LogP contribution in [0.4, 0.5) is 4.79 Å². The van der Waals surface area contributed by atoms with E-state index in [0.717, 1.165) is 22.5 Å². The Hall–Kier alpha value is -3.09. The van der Waals surface area contributed by atoms with Crippen molar-refractivity contribution in [1.82, 2.24) is 9.78 Å². The van der Waals surface area contributed by atoms with Gasteiger partial charge in [-0.3, -0.25) is 4.68 Å². The van der Waals surface area contributed by atoms with Crippen molar-refractivity contribution in [1.29, 1.82) is 5.41 Å². The van der Waals surface area contributed by atoms with Gasteiger partial charge < -0.3 is 19.6 Å². The lowest BCUT2D eigenvalue weighted by molar-refractivity contribution is -0.0171. The van der Waals surface area contributed by atoms with Crippen molar-refractivity contribution in [3.8, 4) is 0 Å². The first-order chi connectivity index (χ1) is 15.0. The maximum absolute atomic E-state index is 11.8. The summed E-state index contributed by atoms with van der Waals surface area (Å²) >= 11 is 0. The minimum Gasteiger partial charge on any atom is -0.454 e. The molecule has 32 heavy (non-hydrogen) atoms. The van der Waals surface area contributed by atoms with Crippen molar-refractivity contribution in [2.45, 2.75) is 73.0 Å². The first kappa shape index (κ1) is 23.6. The van der Waals surface area contributed by atoms with Gasteiger partial charge in [0.15, 0.2) is 5.76 Å². The number of aromatic nitrogens is 2. The Morgan fingerprint density at radius 1 is 1.22 bits per heavy atom. The number of carbonyl (C=O) groups is 1. The Morgan fingerprint density at radius 2 is 1.88 bits per heavy atom. The lowest BCUT2D eigenvalue weighted by Crippen LogP contribution is -2.20. The zero-order chi connectivity index (χ0) is 23.6. The van der Waals surface area contributed by atoms with Gasteiger partial charge in [-0.05, 0) is 44.2 Å². The first-order valence-corrected chi connectivity index (χ1v) is 11.0. The maximum atomic E-state index is 11.8. The molecule has 0 saturated heterocycles. The lowest BCUT2D eigenvalue weighted by atomic mass is 9.84. The summed E-state index contributed by atoms with van der Waals surface area (Å²) in [5.74, 6) is 0.500. The van der Waals surface area contributed by atoms with Crippen LogP contribution in [0.1, 0.15) is 69.6 Å². The average Bonchev–Trinajstić information content (AvgIpc) is 3.02. The average molecular weight is 440 g/mol. The molecule has 0 radical (unpaired) electrons. The molecule has 1 aliphatic carbocycles. The summed E-state index contributed by atoms with van der Waals surface area (Å²) in [7, 11) is 0. The van der Waals surface area contributed by atoms with E-state index >= 15 is 0 Å². The Bertz CT molecular complexity index is 1040. The number of benzene rings is 1. The van der Waals surface area contributed by atoms with E-state index in [2.05, 4.69) is 38.0 Å². The quantitative estimate of drug-likeness (QED) is 0.475. The third kappa shape index (κ3) is 4.87. The fourth-order valence-corrected chi connectivity index (χ4v) is 3.78. The van der Waals surface area contributed by atoms with Gasteiger partial charge in [0.2, 0.25) is 6.79 Å². The highest BCUT2D eigenvalue weighted by atomic mass is 16.8. The molecule has 3 rings (SSSR count). The van der Waals surface area contributed by atoms with Crippen molar-refractivity contribution >= 4 is 23.2 Å². The summed E-state index contributed by atoms with van der Waals surface area (Å²) in [6.07, 6.45) is -0.596. The number of fused-ring (bicyclic) bond motifs is 1. The molecule has 0 atom stereocenters. The molecule has 1 heterocycles. The van der Waals surface area contributed by atoms with E-state index in [1.54, 1.807) is 13.8 Å². The molecule has 0 saturated carbocycles. The van der Waals surface area contributed by atoms with Gasteiger partial charge >= 0.3 is 6.16 Å². The predicted molar refractivity (Wildman–Crippen MR) is 125 cm³/mol. The van der Waals surface area contributed by atoms with Crippen LogP contribution in [0.3, 0.4) is 0 Å². The largest absolute Gasteiger partial charge is 0.511 e. The molecule has 0 amide bonds. The van der Waals surface area contributed by atoms with Crippen molar-refractivity contribution in [3.63, 3.8) is 0 Å². The van der Waals surface area contributed by atoms with Gasteiger partial charge in [0, 0.05) is 29.8 Å². The van der Waals surface area contributed by atoms with Gasteiger partial charge in [-0.15, -0.1) is 0 Å². The van der Waals surface area contributed by atoms with Crippen LogP contribution in [-0.2, 0) is 32.6 Å². The molecule has 1 N–H and O–H groups in total. The van der Waals surface area contributed by atoms with Crippen LogP contribution in [0.25, 0.3) is 11.3 Å². The summed E-state index contributed by atoms with van der Waals surface area (Å²) in [4.78, 5) is 11.8. The third-order valence-electron chi connectivity index (χ3n) is 5.40. The number of nitrogens with one attached hydrogen (secondary N) is 1. The number of hydrogen-bond donors (Lipinski definition) is 1. The second-order valence-corrected chi connectivity index (χ2v) is 9.24. The molecule has 2 aromatic rings. The van der Waals surface area contributed by atoms with Crippen molar-refractivity contribution in [3.05, 3.63) is 52.3 Å². The van der Waals surface area contributed by atoms with Gasteiger partial charge in [-0.25, -0.2) is 4.79 Å². The molecule has 0 spiro atoms. The molecule has 0 fully saturated rings. The van der Waals surface area contributed by atoms with Crippen molar-refractivity contribution in [2.75, 3.05) is 6.79 Å². The van der Waals surface area contributed by atoms with Crippen LogP contribution < -0.4 is 0 Å². The van der Waals surface area contributed by atoms with Crippen LogP contribution >= 0.6 is 0 Å². The molecular weight excluding hydrogens is 406 g/mol. The minimum absolute atomic E-state index is 0.0298. The lowest BCUT2D eigenvalue weighted by Gasteiger charge is -2.24. The monoisotopic (exact) mass is 439 g/mol.